The van der Waals surface area contributed by atoms with Crippen LogP contribution in [0.5, 0.6) is 5.75 Å². The summed E-state index contributed by atoms with van der Waals surface area (Å²) in [5.41, 5.74) is 0.589. The SMILES string of the molecule is N#Cc1ncccc1OCc1ccccc1[N+](=O)[O-]. The average Bonchev–Trinajstić information content (AvgIpc) is 2.45. The first kappa shape index (κ1) is 12.5. The van der Waals surface area contributed by atoms with Crippen molar-refractivity contribution in [2.45, 2.75) is 6.61 Å². The maximum Gasteiger partial charge on any atom is 0.276 e. The van der Waals surface area contributed by atoms with Gasteiger partial charge in [-0.3, -0.25) is 10.1 Å². The van der Waals surface area contributed by atoms with Gasteiger partial charge in [-0.2, -0.15) is 5.26 Å². The fourth-order valence-electron chi connectivity index (χ4n) is 1.56. The van der Waals surface area contributed by atoms with Gasteiger partial charge in [0.25, 0.3) is 5.69 Å². The molecule has 6 nitrogen and oxygen atoms in total. The van der Waals surface area contributed by atoms with E-state index in [4.69, 9.17) is 10.00 Å². The normalized spacial score (nSPS) is 9.63. The number of pyridine rings is 1. The van der Waals surface area contributed by atoms with Gasteiger partial charge in [0, 0.05) is 12.3 Å². The molecular weight excluding hydrogens is 246 g/mol. The zero-order chi connectivity index (χ0) is 13.7. The maximum absolute atomic E-state index is 10.8. The number of nitro groups is 1. The van der Waals surface area contributed by atoms with Crippen LogP contribution >= 0.6 is 0 Å². The first-order valence-corrected chi connectivity index (χ1v) is 5.42. The van der Waals surface area contributed by atoms with Crippen LogP contribution in [0.15, 0.2) is 42.6 Å². The summed E-state index contributed by atoms with van der Waals surface area (Å²) < 4.78 is 5.42. The molecule has 1 aromatic heterocycles. The first-order valence-electron chi connectivity index (χ1n) is 5.42. The van der Waals surface area contributed by atoms with E-state index in [2.05, 4.69) is 4.98 Å². The van der Waals surface area contributed by atoms with Crippen LogP contribution in [0.25, 0.3) is 0 Å². The lowest BCUT2D eigenvalue weighted by atomic mass is 10.2. The van der Waals surface area contributed by atoms with E-state index in [1.54, 1.807) is 30.3 Å². The number of para-hydroxylation sites is 1. The highest BCUT2D eigenvalue weighted by Crippen LogP contribution is 2.21. The van der Waals surface area contributed by atoms with Gasteiger partial charge >= 0.3 is 0 Å². The molecule has 0 fully saturated rings. The number of benzene rings is 1. The van der Waals surface area contributed by atoms with Crippen molar-refractivity contribution in [3.8, 4) is 11.8 Å². The van der Waals surface area contributed by atoms with Gasteiger partial charge < -0.3 is 4.74 Å². The molecule has 0 aliphatic carbocycles. The van der Waals surface area contributed by atoms with Crippen molar-refractivity contribution in [1.29, 1.82) is 5.26 Å². The Kier molecular flexibility index (Phi) is 3.69. The number of nitro benzene ring substituents is 1. The third-order valence-corrected chi connectivity index (χ3v) is 2.45. The summed E-state index contributed by atoms with van der Waals surface area (Å²) in [6.45, 7) is 0.0114. The number of rotatable bonds is 4. The summed E-state index contributed by atoms with van der Waals surface area (Å²) in [7, 11) is 0. The van der Waals surface area contributed by atoms with Crippen LogP contribution in [0.3, 0.4) is 0 Å². The van der Waals surface area contributed by atoms with Crippen LogP contribution in [-0.2, 0) is 6.61 Å². The minimum atomic E-state index is -0.465. The Labute approximate surface area is 109 Å². The Bertz CT molecular complexity index is 650. The summed E-state index contributed by atoms with van der Waals surface area (Å²) in [5, 5.41) is 19.7. The highest BCUT2D eigenvalue weighted by molar-refractivity contribution is 5.41. The predicted octanol–water partition coefficient (Wildman–Crippen LogP) is 2.44. The number of hydrogen-bond acceptors (Lipinski definition) is 5. The second-order valence-electron chi connectivity index (χ2n) is 3.64. The molecule has 19 heavy (non-hydrogen) atoms. The van der Waals surface area contributed by atoms with E-state index in [0.29, 0.717) is 11.3 Å². The van der Waals surface area contributed by atoms with Gasteiger partial charge in [-0.25, -0.2) is 4.98 Å². The van der Waals surface area contributed by atoms with E-state index in [-0.39, 0.29) is 18.0 Å². The Morgan fingerprint density at radius 3 is 2.84 bits per heavy atom. The zero-order valence-corrected chi connectivity index (χ0v) is 9.81. The molecule has 0 radical (unpaired) electrons. The van der Waals surface area contributed by atoms with Gasteiger partial charge in [-0.1, -0.05) is 12.1 Å². The number of aromatic nitrogens is 1. The molecule has 0 bridgehead atoms. The van der Waals surface area contributed by atoms with E-state index < -0.39 is 4.92 Å². The quantitative estimate of drug-likeness (QED) is 0.618. The van der Waals surface area contributed by atoms with Gasteiger partial charge in [-0.15, -0.1) is 0 Å². The second-order valence-corrected chi connectivity index (χ2v) is 3.64. The van der Waals surface area contributed by atoms with Crippen molar-refractivity contribution in [2.24, 2.45) is 0 Å². The van der Waals surface area contributed by atoms with Crippen LogP contribution in [0.4, 0.5) is 5.69 Å². The Morgan fingerprint density at radius 2 is 2.11 bits per heavy atom. The van der Waals surface area contributed by atoms with Crippen molar-refractivity contribution in [3.05, 3.63) is 64.0 Å². The highest BCUT2D eigenvalue weighted by Gasteiger charge is 2.13. The van der Waals surface area contributed by atoms with E-state index in [0.717, 1.165) is 0 Å². The number of ether oxygens (including phenoxy) is 1. The largest absolute Gasteiger partial charge is 0.486 e. The lowest BCUT2D eigenvalue weighted by Crippen LogP contribution is -2.01. The predicted molar refractivity (Wildman–Crippen MR) is 66.4 cm³/mol. The van der Waals surface area contributed by atoms with E-state index in [1.807, 2.05) is 6.07 Å². The molecule has 1 heterocycles. The molecule has 1 aromatic carbocycles. The summed E-state index contributed by atoms with van der Waals surface area (Å²) >= 11 is 0. The molecule has 0 saturated carbocycles. The second kappa shape index (κ2) is 5.60. The van der Waals surface area contributed by atoms with Crippen molar-refractivity contribution in [2.75, 3.05) is 0 Å². The van der Waals surface area contributed by atoms with Gasteiger partial charge in [0.15, 0.2) is 11.4 Å². The number of nitrogens with zero attached hydrogens (tertiary/aromatic N) is 3. The molecule has 0 unspecified atom stereocenters. The molecule has 0 amide bonds. The monoisotopic (exact) mass is 255 g/mol. The van der Waals surface area contributed by atoms with Crippen LogP contribution < -0.4 is 4.74 Å². The molecule has 0 spiro atoms. The van der Waals surface area contributed by atoms with Crippen LogP contribution in [0, 0.1) is 21.4 Å². The molecule has 2 rings (SSSR count). The maximum atomic E-state index is 10.8. The summed E-state index contributed by atoms with van der Waals surface area (Å²) in [4.78, 5) is 14.2. The van der Waals surface area contributed by atoms with Gasteiger partial charge in [0.2, 0.25) is 0 Å². The fraction of sp³-hybridized carbons (Fsp3) is 0.0769. The summed E-state index contributed by atoms with van der Waals surface area (Å²) in [6.07, 6.45) is 1.48. The van der Waals surface area contributed by atoms with Crippen molar-refractivity contribution in [1.82, 2.24) is 4.98 Å². The molecule has 0 atom stereocenters. The van der Waals surface area contributed by atoms with Gasteiger partial charge in [0.05, 0.1) is 10.5 Å². The van der Waals surface area contributed by atoms with Crippen LogP contribution in [-0.4, -0.2) is 9.91 Å². The van der Waals surface area contributed by atoms with E-state index >= 15 is 0 Å². The number of nitriles is 1. The third-order valence-electron chi connectivity index (χ3n) is 2.45. The molecule has 2 aromatic rings. The Balaban J connectivity index is 2.20. The Hall–Kier alpha value is -2.94. The molecule has 0 aliphatic heterocycles. The lowest BCUT2D eigenvalue weighted by molar-refractivity contribution is -0.385. The molecule has 0 aliphatic rings. The molecule has 0 N–H and O–H groups in total. The third kappa shape index (κ3) is 2.84. The highest BCUT2D eigenvalue weighted by atomic mass is 16.6. The van der Waals surface area contributed by atoms with Crippen LogP contribution in [0.2, 0.25) is 0 Å². The van der Waals surface area contributed by atoms with Crippen molar-refractivity contribution < 1.29 is 9.66 Å². The van der Waals surface area contributed by atoms with Crippen molar-refractivity contribution in [3.63, 3.8) is 0 Å². The van der Waals surface area contributed by atoms with E-state index in [9.17, 15) is 10.1 Å². The molecule has 0 saturated heterocycles. The standard InChI is InChI=1S/C13H9N3O3/c14-8-11-13(6-3-7-15-11)19-9-10-4-1-2-5-12(10)16(17)18/h1-7H,9H2. The zero-order valence-electron chi connectivity index (χ0n) is 9.81. The molecular formula is C13H9N3O3. The lowest BCUT2D eigenvalue weighted by Gasteiger charge is -2.07. The smallest absolute Gasteiger partial charge is 0.276 e. The summed E-state index contributed by atoms with van der Waals surface area (Å²) in [6, 6.07) is 11.4. The number of hydrogen-bond donors (Lipinski definition) is 0. The molecule has 94 valence electrons. The minimum absolute atomic E-state index is 0.00935. The molecule has 6 heteroatoms. The van der Waals surface area contributed by atoms with E-state index in [1.165, 1.54) is 12.3 Å². The van der Waals surface area contributed by atoms with Gasteiger partial charge in [-0.05, 0) is 18.2 Å². The van der Waals surface area contributed by atoms with Gasteiger partial charge in [0.1, 0.15) is 12.7 Å². The van der Waals surface area contributed by atoms with Crippen LogP contribution in [0.1, 0.15) is 11.3 Å². The Morgan fingerprint density at radius 1 is 1.32 bits per heavy atom. The fourth-order valence-corrected chi connectivity index (χ4v) is 1.56. The topological polar surface area (TPSA) is 89.0 Å². The summed E-state index contributed by atoms with van der Waals surface area (Å²) in [5.74, 6) is 0.308. The average molecular weight is 255 g/mol. The van der Waals surface area contributed by atoms with Crippen molar-refractivity contribution >= 4 is 5.69 Å². The first-order chi connectivity index (χ1) is 9.22. The minimum Gasteiger partial charge on any atom is -0.486 e.